The van der Waals surface area contributed by atoms with E-state index in [1.54, 1.807) is 24.7 Å². The molecule has 0 aliphatic rings. The molecule has 0 spiro atoms. The van der Waals surface area contributed by atoms with Crippen LogP contribution in [-0.4, -0.2) is 24.5 Å². The maximum atomic E-state index is 14.3. The van der Waals surface area contributed by atoms with Crippen molar-refractivity contribution >= 4 is 38.2 Å². The molecule has 3 rings (SSSR count). The zero-order valence-electron chi connectivity index (χ0n) is 13.0. The third-order valence-corrected chi connectivity index (χ3v) is 6.98. The Labute approximate surface area is 160 Å². The van der Waals surface area contributed by atoms with Gasteiger partial charge in [-0.1, -0.05) is 0 Å². The predicted octanol–water partition coefficient (Wildman–Crippen LogP) is 5.11. The van der Waals surface area contributed by atoms with Gasteiger partial charge in [0.15, 0.2) is 0 Å². The second-order valence-electron chi connectivity index (χ2n) is 5.46. The van der Waals surface area contributed by atoms with Crippen LogP contribution >= 0.6 is 23.2 Å². The van der Waals surface area contributed by atoms with Crippen LogP contribution in [0.15, 0.2) is 55.1 Å². The van der Waals surface area contributed by atoms with Gasteiger partial charge in [-0.3, -0.25) is 0 Å². The molecular formula is C18H14Cl2F2N2Se. The molecule has 0 amide bonds. The standard InChI is InChI=1S/C18H14Cl2F2N2Se/c19-13-2-1-12(16(20)7-13)10-25-18(9-24-6-5-23-11-24)15-4-3-14(21)8-17(15)22/h1-8,11,18H,9-10H2. The molecule has 0 saturated heterocycles. The van der Waals surface area contributed by atoms with Crippen LogP contribution in [0.5, 0.6) is 0 Å². The van der Waals surface area contributed by atoms with Gasteiger partial charge in [0, 0.05) is 0 Å². The van der Waals surface area contributed by atoms with E-state index in [1.807, 2.05) is 16.8 Å². The van der Waals surface area contributed by atoms with E-state index in [-0.39, 0.29) is 19.8 Å². The Hall–Kier alpha value is -1.39. The molecule has 0 N–H and O–H groups in total. The summed E-state index contributed by atoms with van der Waals surface area (Å²) < 4.78 is 29.4. The summed E-state index contributed by atoms with van der Waals surface area (Å²) in [5.41, 5.74) is 1.49. The summed E-state index contributed by atoms with van der Waals surface area (Å²) in [5, 5.41) is 1.91. The molecule has 1 atom stereocenters. The van der Waals surface area contributed by atoms with E-state index in [0.29, 0.717) is 22.2 Å². The van der Waals surface area contributed by atoms with Gasteiger partial charge in [0.1, 0.15) is 0 Å². The molecule has 0 bridgehead atoms. The monoisotopic (exact) mass is 446 g/mol. The van der Waals surface area contributed by atoms with Gasteiger partial charge < -0.3 is 0 Å². The molecule has 0 aliphatic carbocycles. The summed E-state index contributed by atoms with van der Waals surface area (Å²) in [6.45, 7) is 0.577. The fraction of sp³-hybridized carbons (Fsp3) is 0.167. The molecule has 3 aromatic rings. The zero-order valence-corrected chi connectivity index (χ0v) is 16.2. The van der Waals surface area contributed by atoms with Gasteiger partial charge >= 0.3 is 161 Å². The van der Waals surface area contributed by atoms with Crippen molar-refractivity contribution in [1.29, 1.82) is 0 Å². The van der Waals surface area contributed by atoms with E-state index >= 15 is 0 Å². The fourth-order valence-electron chi connectivity index (χ4n) is 2.42. The van der Waals surface area contributed by atoms with Crippen LogP contribution in [0.3, 0.4) is 0 Å². The van der Waals surface area contributed by atoms with E-state index in [1.165, 1.54) is 12.1 Å². The molecule has 25 heavy (non-hydrogen) atoms. The predicted molar refractivity (Wildman–Crippen MR) is 97.2 cm³/mol. The second kappa shape index (κ2) is 8.33. The summed E-state index contributed by atoms with van der Waals surface area (Å²) in [6.07, 6.45) is 5.21. The van der Waals surface area contributed by atoms with Gasteiger partial charge in [-0.2, -0.15) is 0 Å². The van der Waals surface area contributed by atoms with E-state index in [4.69, 9.17) is 23.2 Å². The van der Waals surface area contributed by atoms with Crippen molar-refractivity contribution in [2.75, 3.05) is 0 Å². The van der Waals surface area contributed by atoms with E-state index in [0.717, 1.165) is 16.9 Å². The van der Waals surface area contributed by atoms with Crippen molar-refractivity contribution in [2.45, 2.75) is 16.7 Å². The molecule has 1 unspecified atom stereocenters. The fourth-order valence-corrected chi connectivity index (χ4v) is 5.76. The molecule has 0 aliphatic heterocycles. The molecule has 1 heterocycles. The number of imidazole rings is 1. The first-order valence-corrected chi connectivity index (χ1v) is 10.4. The van der Waals surface area contributed by atoms with Crippen molar-refractivity contribution in [1.82, 2.24) is 9.55 Å². The Balaban J connectivity index is 1.83. The molecule has 2 nitrogen and oxygen atoms in total. The van der Waals surface area contributed by atoms with Gasteiger partial charge in [0.2, 0.25) is 0 Å². The number of nitrogens with zero attached hydrogens (tertiary/aromatic N) is 2. The van der Waals surface area contributed by atoms with Crippen LogP contribution in [-0.2, 0) is 11.9 Å². The number of halogens is 4. The van der Waals surface area contributed by atoms with E-state index in [9.17, 15) is 8.78 Å². The molecule has 1 aromatic heterocycles. The third kappa shape index (κ3) is 4.83. The number of aromatic nitrogens is 2. The quantitative estimate of drug-likeness (QED) is 0.482. The normalized spacial score (nSPS) is 12.3. The van der Waals surface area contributed by atoms with Crippen LogP contribution < -0.4 is 0 Å². The Morgan fingerprint density at radius 2 is 1.96 bits per heavy atom. The third-order valence-electron chi connectivity index (χ3n) is 3.70. The van der Waals surface area contributed by atoms with Crippen molar-refractivity contribution in [3.8, 4) is 0 Å². The average molecular weight is 446 g/mol. The van der Waals surface area contributed by atoms with Gasteiger partial charge in [-0.25, -0.2) is 0 Å². The Bertz CT molecular complexity index is 856. The van der Waals surface area contributed by atoms with Crippen LogP contribution in [0.1, 0.15) is 15.9 Å². The molecule has 0 fully saturated rings. The molecule has 7 heteroatoms. The SMILES string of the molecule is Fc1ccc(C(Cn2ccnc2)[Se]Cc2ccc(Cl)cc2Cl)c(F)c1. The van der Waals surface area contributed by atoms with Crippen molar-refractivity contribution in [3.63, 3.8) is 0 Å². The summed E-state index contributed by atoms with van der Waals surface area (Å²) >= 11 is 12.2. The first-order valence-electron chi connectivity index (χ1n) is 7.49. The Morgan fingerprint density at radius 3 is 2.64 bits per heavy atom. The Kier molecular flexibility index (Phi) is 6.13. The van der Waals surface area contributed by atoms with Crippen molar-refractivity contribution in [3.05, 3.63) is 87.9 Å². The van der Waals surface area contributed by atoms with E-state index in [2.05, 4.69) is 4.98 Å². The molecule has 130 valence electrons. The summed E-state index contributed by atoms with van der Waals surface area (Å²) in [4.78, 5) is 3.95. The minimum atomic E-state index is -0.573. The molecule has 0 radical (unpaired) electrons. The van der Waals surface area contributed by atoms with Crippen LogP contribution in [0.4, 0.5) is 8.78 Å². The first kappa shape index (κ1) is 18.4. The van der Waals surface area contributed by atoms with E-state index < -0.39 is 11.6 Å². The van der Waals surface area contributed by atoms with Gasteiger partial charge in [0.05, 0.1) is 0 Å². The van der Waals surface area contributed by atoms with Crippen LogP contribution in [0.2, 0.25) is 10.0 Å². The number of hydrogen-bond acceptors (Lipinski definition) is 1. The van der Waals surface area contributed by atoms with Crippen molar-refractivity contribution < 1.29 is 8.78 Å². The maximum absolute atomic E-state index is 14.3. The molecule has 2 aromatic carbocycles. The van der Waals surface area contributed by atoms with Gasteiger partial charge in [-0.05, 0) is 0 Å². The first-order chi connectivity index (χ1) is 12.0. The minimum absolute atomic E-state index is 0.000406. The summed E-state index contributed by atoms with van der Waals surface area (Å²) in [6, 6.07) is 9.14. The zero-order chi connectivity index (χ0) is 17.8. The Morgan fingerprint density at radius 1 is 1.12 bits per heavy atom. The van der Waals surface area contributed by atoms with Crippen LogP contribution in [0, 0.1) is 11.6 Å². The topological polar surface area (TPSA) is 17.8 Å². The van der Waals surface area contributed by atoms with Crippen LogP contribution in [0.25, 0.3) is 0 Å². The van der Waals surface area contributed by atoms with Crippen molar-refractivity contribution in [2.24, 2.45) is 0 Å². The van der Waals surface area contributed by atoms with Gasteiger partial charge in [-0.15, -0.1) is 0 Å². The summed E-state index contributed by atoms with van der Waals surface area (Å²) in [5.74, 6) is -1.09. The molecule has 0 saturated carbocycles. The average Bonchev–Trinajstić information content (AvgIpc) is 3.06. The number of rotatable bonds is 6. The summed E-state index contributed by atoms with van der Waals surface area (Å²) in [7, 11) is 0. The number of benzene rings is 2. The van der Waals surface area contributed by atoms with Gasteiger partial charge in [0.25, 0.3) is 0 Å². The molecular weight excluding hydrogens is 432 g/mol. The second-order valence-corrected chi connectivity index (χ2v) is 8.80. The number of hydrogen-bond donors (Lipinski definition) is 0.